The fraction of sp³-hybridized carbons (Fsp3) is 0.800. The Morgan fingerprint density at radius 3 is 2.41 bits per heavy atom. The molecule has 2 nitrogen and oxygen atoms in total. The van der Waals surface area contributed by atoms with Crippen LogP contribution in [-0.2, 0) is 0 Å². The van der Waals surface area contributed by atoms with Crippen molar-refractivity contribution in [1.82, 2.24) is 4.90 Å². The average molecular weight is 237 g/mol. The second kappa shape index (κ2) is 9.26. The van der Waals surface area contributed by atoms with Crippen molar-refractivity contribution in [2.75, 3.05) is 19.6 Å². The van der Waals surface area contributed by atoms with Crippen LogP contribution in [0.15, 0.2) is 12.4 Å². The lowest BCUT2D eigenvalue weighted by molar-refractivity contribution is -0.457. The first-order valence-corrected chi connectivity index (χ1v) is 7.38. The van der Waals surface area contributed by atoms with Gasteiger partial charge in [0.2, 0.25) is 0 Å². The predicted octanol–water partition coefficient (Wildman–Crippen LogP) is 3.63. The van der Waals surface area contributed by atoms with Gasteiger partial charge < -0.3 is 4.90 Å². The van der Waals surface area contributed by atoms with E-state index in [9.17, 15) is 0 Å². The van der Waals surface area contributed by atoms with Crippen LogP contribution in [0.25, 0.3) is 0 Å². The van der Waals surface area contributed by atoms with Crippen LogP contribution < -0.4 is 0 Å². The average Bonchev–Trinajstić information content (AvgIpc) is 2.36. The van der Waals surface area contributed by atoms with E-state index < -0.39 is 0 Å². The third-order valence-corrected chi connectivity index (χ3v) is 3.30. The largest absolute Gasteiger partial charge is 0.363 e. The molecule has 0 saturated carbocycles. The molecule has 2 heteroatoms. The van der Waals surface area contributed by atoms with Crippen LogP contribution in [0.4, 0.5) is 0 Å². The van der Waals surface area contributed by atoms with E-state index >= 15 is 0 Å². The number of unbranched alkanes of at least 4 members (excludes halogenated alkanes) is 5. The lowest BCUT2D eigenvalue weighted by Crippen LogP contribution is -2.28. The lowest BCUT2D eigenvalue weighted by atomic mass is 10.1. The Morgan fingerprint density at radius 2 is 1.76 bits per heavy atom. The predicted molar refractivity (Wildman–Crippen MR) is 75.6 cm³/mol. The highest BCUT2D eigenvalue weighted by Crippen LogP contribution is 2.05. The van der Waals surface area contributed by atoms with Crippen molar-refractivity contribution in [2.45, 2.75) is 58.8 Å². The number of nitrogens with zero attached hydrogens (tertiary/aromatic N) is 2. The molecular weight excluding hydrogens is 208 g/mol. The fourth-order valence-electron chi connectivity index (χ4n) is 2.20. The number of hydrogen-bond donors (Lipinski definition) is 0. The summed E-state index contributed by atoms with van der Waals surface area (Å²) in [6.45, 7) is 7.96. The molecule has 98 valence electrons. The zero-order valence-corrected chi connectivity index (χ0v) is 11.7. The molecule has 0 fully saturated rings. The SMILES string of the molecule is CCCCCCCC[N+]1=CCN(CCC)C=C1. The van der Waals surface area contributed by atoms with Gasteiger partial charge in [-0.1, -0.05) is 39.5 Å². The van der Waals surface area contributed by atoms with Crippen molar-refractivity contribution >= 4 is 6.21 Å². The molecule has 0 N–H and O–H groups in total. The minimum Gasteiger partial charge on any atom is -0.363 e. The molecule has 1 heterocycles. The molecule has 1 aliphatic rings. The lowest BCUT2D eigenvalue weighted by Gasteiger charge is -2.18. The monoisotopic (exact) mass is 237 g/mol. The highest BCUT2D eigenvalue weighted by molar-refractivity contribution is 5.55. The van der Waals surface area contributed by atoms with E-state index in [1.165, 1.54) is 58.0 Å². The standard InChI is InChI=1S/C15H29N2/c1-3-5-6-7-8-9-11-17-14-12-16(10-4-2)13-15-17/h12,14-15H,3-11,13H2,1-2H3/q+1. The van der Waals surface area contributed by atoms with E-state index in [4.69, 9.17) is 0 Å². The van der Waals surface area contributed by atoms with Gasteiger partial charge in [-0.05, 0) is 12.8 Å². The minimum absolute atomic E-state index is 1.08. The molecule has 0 aromatic heterocycles. The maximum absolute atomic E-state index is 2.37. The summed E-state index contributed by atoms with van der Waals surface area (Å²) in [7, 11) is 0. The molecule has 1 rings (SSSR count). The molecule has 1 aliphatic heterocycles. The van der Waals surface area contributed by atoms with Gasteiger partial charge in [-0.25, -0.2) is 4.58 Å². The highest BCUT2D eigenvalue weighted by Gasteiger charge is 2.08. The van der Waals surface area contributed by atoms with Crippen molar-refractivity contribution in [3.05, 3.63) is 12.4 Å². The maximum atomic E-state index is 2.37. The van der Waals surface area contributed by atoms with Crippen molar-refractivity contribution in [2.24, 2.45) is 0 Å². The zero-order chi connectivity index (χ0) is 12.3. The minimum atomic E-state index is 1.08. The van der Waals surface area contributed by atoms with E-state index in [1.807, 2.05) is 0 Å². The van der Waals surface area contributed by atoms with Crippen LogP contribution in [0, 0.1) is 0 Å². The van der Waals surface area contributed by atoms with Crippen LogP contribution in [0.1, 0.15) is 58.8 Å². The molecule has 0 aliphatic carbocycles. The first-order valence-electron chi connectivity index (χ1n) is 7.38. The van der Waals surface area contributed by atoms with E-state index in [-0.39, 0.29) is 0 Å². The Hall–Kier alpha value is -0.790. The van der Waals surface area contributed by atoms with E-state index in [0.717, 1.165) is 6.54 Å². The number of rotatable bonds is 9. The molecular formula is C15H29N2+. The summed E-state index contributed by atoms with van der Waals surface area (Å²) in [4.78, 5) is 2.37. The topological polar surface area (TPSA) is 6.25 Å². The summed E-state index contributed by atoms with van der Waals surface area (Å²) in [5.74, 6) is 0. The van der Waals surface area contributed by atoms with Crippen molar-refractivity contribution in [3.63, 3.8) is 0 Å². The van der Waals surface area contributed by atoms with Crippen molar-refractivity contribution < 1.29 is 4.58 Å². The molecule has 0 aromatic carbocycles. The normalized spacial score (nSPS) is 15.2. The number of hydrogen-bond acceptors (Lipinski definition) is 1. The molecule has 0 saturated heterocycles. The van der Waals surface area contributed by atoms with Gasteiger partial charge in [0.25, 0.3) is 0 Å². The first kappa shape index (κ1) is 14.3. The Bertz CT molecular complexity index is 243. The summed E-state index contributed by atoms with van der Waals surface area (Å²) in [6.07, 6.45) is 16.3. The first-order chi connectivity index (χ1) is 8.36. The molecule has 0 bridgehead atoms. The second-order valence-electron chi connectivity index (χ2n) is 4.98. The van der Waals surface area contributed by atoms with Gasteiger partial charge >= 0.3 is 0 Å². The summed E-state index contributed by atoms with van der Waals surface area (Å²) in [5.41, 5.74) is 0. The zero-order valence-electron chi connectivity index (χ0n) is 11.7. The summed E-state index contributed by atoms with van der Waals surface area (Å²) in [6, 6.07) is 0. The van der Waals surface area contributed by atoms with Crippen molar-refractivity contribution in [3.8, 4) is 0 Å². The van der Waals surface area contributed by atoms with Gasteiger partial charge in [-0.15, -0.1) is 0 Å². The van der Waals surface area contributed by atoms with Gasteiger partial charge in [-0.2, -0.15) is 0 Å². The van der Waals surface area contributed by atoms with Crippen LogP contribution >= 0.6 is 0 Å². The van der Waals surface area contributed by atoms with Crippen LogP contribution in [0.3, 0.4) is 0 Å². The Kier molecular flexibility index (Phi) is 7.78. The van der Waals surface area contributed by atoms with Crippen LogP contribution in [-0.4, -0.2) is 35.3 Å². The molecule has 0 atom stereocenters. The Labute approximate surface area is 107 Å². The molecule has 0 spiro atoms. The molecule has 17 heavy (non-hydrogen) atoms. The van der Waals surface area contributed by atoms with Crippen LogP contribution in [0.5, 0.6) is 0 Å². The fourth-order valence-corrected chi connectivity index (χ4v) is 2.20. The van der Waals surface area contributed by atoms with Gasteiger partial charge in [0, 0.05) is 13.0 Å². The van der Waals surface area contributed by atoms with Gasteiger partial charge in [0.1, 0.15) is 6.54 Å². The molecule has 0 aromatic rings. The van der Waals surface area contributed by atoms with Gasteiger partial charge in [0.05, 0.1) is 12.7 Å². The molecule has 0 amide bonds. The highest BCUT2D eigenvalue weighted by atomic mass is 15.2. The van der Waals surface area contributed by atoms with Gasteiger partial charge in [-0.3, -0.25) is 0 Å². The smallest absolute Gasteiger partial charge is 0.184 e. The summed E-state index contributed by atoms with van der Waals surface area (Å²) >= 11 is 0. The molecule has 0 radical (unpaired) electrons. The summed E-state index contributed by atoms with van der Waals surface area (Å²) < 4.78 is 2.35. The maximum Gasteiger partial charge on any atom is 0.184 e. The Morgan fingerprint density at radius 1 is 1.00 bits per heavy atom. The van der Waals surface area contributed by atoms with Crippen LogP contribution in [0.2, 0.25) is 0 Å². The Balaban J connectivity index is 2.03. The van der Waals surface area contributed by atoms with Gasteiger partial charge in [0.15, 0.2) is 12.4 Å². The van der Waals surface area contributed by atoms with E-state index in [0.29, 0.717) is 0 Å². The third kappa shape index (κ3) is 6.50. The third-order valence-electron chi connectivity index (χ3n) is 3.30. The quantitative estimate of drug-likeness (QED) is 0.438. The molecule has 0 unspecified atom stereocenters. The summed E-state index contributed by atoms with van der Waals surface area (Å²) in [5, 5.41) is 0. The van der Waals surface area contributed by atoms with E-state index in [1.54, 1.807) is 0 Å². The van der Waals surface area contributed by atoms with E-state index in [2.05, 4.69) is 41.9 Å². The van der Waals surface area contributed by atoms with Crippen molar-refractivity contribution in [1.29, 1.82) is 0 Å². The second-order valence-corrected chi connectivity index (χ2v) is 4.98.